The Balaban J connectivity index is 1.59. The average molecular weight is 539 g/mol. The summed E-state index contributed by atoms with van der Waals surface area (Å²) in [4.78, 5) is 16.7. The molecule has 198 valence electrons. The van der Waals surface area contributed by atoms with E-state index < -0.39 is 17.6 Å². The Labute approximate surface area is 225 Å². The molecule has 1 aliphatic carbocycles. The molecule has 0 spiro atoms. The third-order valence-electron chi connectivity index (χ3n) is 7.37. The molecular weight excluding hydrogens is 510 g/mol. The largest absolute Gasteiger partial charge is 0.491 e. The summed E-state index contributed by atoms with van der Waals surface area (Å²) in [5, 5.41) is 0.589. The van der Waals surface area contributed by atoms with Crippen molar-refractivity contribution in [1.82, 2.24) is 9.55 Å². The summed E-state index contributed by atoms with van der Waals surface area (Å²) in [6.07, 6.45) is 5.36. The van der Waals surface area contributed by atoms with Crippen LogP contribution in [0, 0.1) is 24.5 Å². The van der Waals surface area contributed by atoms with Gasteiger partial charge in [-0.15, -0.1) is 0 Å². The highest BCUT2D eigenvalue weighted by atomic mass is 35.5. The van der Waals surface area contributed by atoms with E-state index in [2.05, 4.69) is 0 Å². The Morgan fingerprint density at radius 2 is 1.76 bits per heavy atom. The number of aryl methyl sites for hydroxylation is 1. The maximum Gasteiger partial charge on any atom is 0.337 e. The van der Waals surface area contributed by atoms with Gasteiger partial charge in [0.2, 0.25) is 0 Å². The molecule has 0 radical (unpaired) electrons. The number of carbonyl (C=O) groups excluding carboxylic acids is 1. The van der Waals surface area contributed by atoms with E-state index in [1.54, 1.807) is 30.3 Å². The van der Waals surface area contributed by atoms with Gasteiger partial charge >= 0.3 is 5.97 Å². The van der Waals surface area contributed by atoms with Gasteiger partial charge in [-0.1, -0.05) is 30.9 Å². The lowest BCUT2D eigenvalue weighted by molar-refractivity contribution is 0.0600. The molecule has 3 aromatic carbocycles. The van der Waals surface area contributed by atoms with Gasteiger partial charge < -0.3 is 14.0 Å². The number of fused-ring (bicyclic) bond motifs is 1. The van der Waals surface area contributed by atoms with Crippen molar-refractivity contribution in [2.45, 2.75) is 45.1 Å². The number of carbonyl (C=O) groups is 1. The molecule has 38 heavy (non-hydrogen) atoms. The Morgan fingerprint density at radius 3 is 2.45 bits per heavy atom. The lowest BCUT2D eigenvalue weighted by Crippen LogP contribution is -2.28. The van der Waals surface area contributed by atoms with Crippen LogP contribution in [0.25, 0.3) is 22.4 Å². The first-order chi connectivity index (χ1) is 18.4. The summed E-state index contributed by atoms with van der Waals surface area (Å²) in [7, 11) is 1.35. The Kier molecular flexibility index (Phi) is 7.65. The van der Waals surface area contributed by atoms with E-state index in [1.165, 1.54) is 19.6 Å². The van der Waals surface area contributed by atoms with Crippen molar-refractivity contribution in [3.8, 4) is 17.1 Å². The number of hydrogen-bond acceptors (Lipinski definition) is 4. The molecule has 0 aliphatic heterocycles. The molecule has 0 amide bonds. The first-order valence-electron chi connectivity index (χ1n) is 12.8. The molecule has 1 fully saturated rings. The standard InChI is InChI=1S/C30H29ClF2N2O3/c1-18-14-21(30(36)37-2)10-13-28(18)38-17-27(19-6-4-3-5-7-19)35-26-16-24(33)23(32)15-25(26)34-29(35)20-8-11-22(31)12-9-20/h8-16,19,27H,3-7,17H2,1-2H3. The number of hydrogen-bond donors (Lipinski definition) is 0. The molecule has 5 rings (SSSR count). The topological polar surface area (TPSA) is 53.4 Å². The van der Waals surface area contributed by atoms with E-state index in [0.29, 0.717) is 39.8 Å². The monoisotopic (exact) mass is 538 g/mol. The summed E-state index contributed by atoms with van der Waals surface area (Å²) in [6.45, 7) is 2.18. The van der Waals surface area contributed by atoms with Crippen LogP contribution in [-0.2, 0) is 4.74 Å². The smallest absolute Gasteiger partial charge is 0.337 e. The number of ether oxygens (including phenoxy) is 2. The number of nitrogens with zero attached hydrogens (tertiary/aromatic N) is 2. The minimum Gasteiger partial charge on any atom is -0.491 e. The van der Waals surface area contributed by atoms with E-state index in [4.69, 9.17) is 26.1 Å². The minimum absolute atomic E-state index is 0.185. The molecule has 8 heteroatoms. The third-order valence-corrected chi connectivity index (χ3v) is 7.62. The van der Waals surface area contributed by atoms with Gasteiger partial charge in [-0.3, -0.25) is 0 Å². The summed E-state index contributed by atoms with van der Waals surface area (Å²) >= 11 is 6.14. The molecule has 0 bridgehead atoms. The van der Waals surface area contributed by atoms with Crippen LogP contribution in [0.5, 0.6) is 5.75 Å². The van der Waals surface area contributed by atoms with Crippen molar-refractivity contribution < 1.29 is 23.0 Å². The van der Waals surface area contributed by atoms with E-state index in [-0.39, 0.29) is 12.0 Å². The fraction of sp³-hybridized carbons (Fsp3) is 0.333. The molecule has 1 saturated carbocycles. The van der Waals surface area contributed by atoms with Crippen LogP contribution in [0.1, 0.15) is 54.1 Å². The molecule has 0 saturated heterocycles. The number of rotatable bonds is 7. The lowest BCUT2D eigenvalue weighted by Gasteiger charge is -2.33. The van der Waals surface area contributed by atoms with Crippen LogP contribution < -0.4 is 4.74 Å². The van der Waals surface area contributed by atoms with Crippen molar-refractivity contribution in [3.63, 3.8) is 0 Å². The normalized spacial score (nSPS) is 15.0. The quantitative estimate of drug-likeness (QED) is 0.224. The van der Waals surface area contributed by atoms with Crippen molar-refractivity contribution in [2.75, 3.05) is 13.7 Å². The molecule has 1 aliphatic rings. The number of esters is 1. The first kappa shape index (κ1) is 26.2. The zero-order valence-corrected chi connectivity index (χ0v) is 22.1. The van der Waals surface area contributed by atoms with E-state index >= 15 is 0 Å². The van der Waals surface area contributed by atoms with Crippen LogP contribution in [0.3, 0.4) is 0 Å². The van der Waals surface area contributed by atoms with Gasteiger partial charge in [0, 0.05) is 22.7 Å². The summed E-state index contributed by atoms with van der Waals surface area (Å²) in [5.41, 5.74) is 2.95. The molecular formula is C30H29ClF2N2O3. The molecule has 4 aromatic rings. The Morgan fingerprint density at radius 1 is 1.05 bits per heavy atom. The highest BCUT2D eigenvalue weighted by Crippen LogP contribution is 2.39. The molecule has 5 nitrogen and oxygen atoms in total. The average Bonchev–Trinajstić information content (AvgIpc) is 3.28. The zero-order chi connectivity index (χ0) is 26.8. The van der Waals surface area contributed by atoms with Gasteiger partial charge in [-0.05, 0) is 73.7 Å². The van der Waals surface area contributed by atoms with Gasteiger partial charge in [0.25, 0.3) is 0 Å². The number of benzene rings is 3. The van der Waals surface area contributed by atoms with Crippen LogP contribution in [0.2, 0.25) is 5.02 Å². The maximum atomic E-state index is 14.5. The fourth-order valence-electron chi connectivity index (χ4n) is 5.40. The minimum atomic E-state index is -0.934. The van der Waals surface area contributed by atoms with Gasteiger partial charge in [0.05, 0.1) is 29.7 Å². The van der Waals surface area contributed by atoms with E-state index in [9.17, 15) is 13.6 Å². The molecule has 1 aromatic heterocycles. The number of methoxy groups -OCH3 is 1. The highest BCUT2D eigenvalue weighted by Gasteiger charge is 2.30. The summed E-state index contributed by atoms with van der Waals surface area (Å²) < 4.78 is 42.0. The lowest BCUT2D eigenvalue weighted by atomic mass is 9.83. The van der Waals surface area contributed by atoms with Crippen LogP contribution in [0.15, 0.2) is 54.6 Å². The molecule has 0 N–H and O–H groups in total. The van der Waals surface area contributed by atoms with E-state index in [0.717, 1.165) is 42.9 Å². The van der Waals surface area contributed by atoms with Crippen molar-refractivity contribution in [1.29, 1.82) is 0 Å². The van der Waals surface area contributed by atoms with Crippen molar-refractivity contribution in [2.24, 2.45) is 5.92 Å². The van der Waals surface area contributed by atoms with Crippen LogP contribution in [-0.4, -0.2) is 29.2 Å². The first-order valence-corrected chi connectivity index (χ1v) is 13.2. The number of halogens is 3. The third kappa shape index (κ3) is 5.25. The van der Waals surface area contributed by atoms with Crippen molar-refractivity contribution in [3.05, 3.63) is 82.4 Å². The van der Waals surface area contributed by atoms with Crippen LogP contribution in [0.4, 0.5) is 8.78 Å². The second-order valence-corrected chi connectivity index (χ2v) is 10.3. The van der Waals surface area contributed by atoms with Gasteiger partial charge in [-0.2, -0.15) is 0 Å². The predicted molar refractivity (Wildman–Crippen MR) is 144 cm³/mol. The highest BCUT2D eigenvalue weighted by molar-refractivity contribution is 6.30. The van der Waals surface area contributed by atoms with Crippen LogP contribution >= 0.6 is 11.6 Å². The zero-order valence-electron chi connectivity index (χ0n) is 21.3. The second-order valence-electron chi connectivity index (χ2n) is 9.82. The number of imidazole rings is 1. The Hall–Kier alpha value is -3.45. The fourth-order valence-corrected chi connectivity index (χ4v) is 5.53. The van der Waals surface area contributed by atoms with E-state index in [1.807, 2.05) is 23.6 Å². The second kappa shape index (κ2) is 11.1. The summed E-state index contributed by atoms with van der Waals surface area (Å²) in [6, 6.07) is 14.6. The summed E-state index contributed by atoms with van der Waals surface area (Å²) in [5.74, 6) is -0.747. The maximum absolute atomic E-state index is 14.5. The molecule has 1 heterocycles. The Bertz CT molecular complexity index is 1460. The van der Waals surface area contributed by atoms with Gasteiger partial charge in [0.1, 0.15) is 18.2 Å². The van der Waals surface area contributed by atoms with Gasteiger partial charge in [0.15, 0.2) is 11.6 Å². The number of aromatic nitrogens is 2. The SMILES string of the molecule is COC(=O)c1ccc(OCC(C2CCCCC2)n2c(-c3ccc(Cl)cc3)nc3cc(F)c(F)cc32)c(C)c1. The van der Waals surface area contributed by atoms with Crippen molar-refractivity contribution >= 4 is 28.6 Å². The molecule has 1 unspecified atom stereocenters. The van der Waals surface area contributed by atoms with Gasteiger partial charge in [-0.25, -0.2) is 18.6 Å². The predicted octanol–water partition coefficient (Wildman–Crippen LogP) is 7.93. The molecule has 1 atom stereocenters.